The van der Waals surface area contributed by atoms with Crippen LogP contribution in [0.25, 0.3) is 0 Å². The van der Waals surface area contributed by atoms with E-state index in [1.165, 1.54) is 12.8 Å². The van der Waals surface area contributed by atoms with Gasteiger partial charge in [-0.2, -0.15) is 0 Å². The predicted molar refractivity (Wildman–Crippen MR) is 109 cm³/mol. The average Bonchev–Trinajstić information content (AvgIpc) is 3.17. The van der Waals surface area contributed by atoms with Crippen LogP contribution < -0.4 is 15.5 Å². The number of aromatic nitrogens is 1. The highest BCUT2D eigenvalue weighted by Crippen LogP contribution is 2.17. The van der Waals surface area contributed by atoms with Crippen LogP contribution in [0.5, 0.6) is 0 Å². The minimum atomic E-state index is 0.622. The molecule has 1 aromatic rings. The topological polar surface area (TPSA) is 61.8 Å². The van der Waals surface area contributed by atoms with Crippen molar-refractivity contribution in [2.24, 2.45) is 10.9 Å². The number of hydrogen-bond acceptors (Lipinski definition) is 4. The summed E-state index contributed by atoms with van der Waals surface area (Å²) in [6, 6.07) is 4.24. The summed E-state index contributed by atoms with van der Waals surface area (Å²) in [5.41, 5.74) is 1.12. The van der Waals surface area contributed by atoms with Gasteiger partial charge in [-0.15, -0.1) is 0 Å². The van der Waals surface area contributed by atoms with Crippen molar-refractivity contribution in [3.05, 3.63) is 23.9 Å². The Labute approximate surface area is 158 Å². The third-order valence-corrected chi connectivity index (χ3v) is 4.38. The van der Waals surface area contributed by atoms with E-state index in [0.29, 0.717) is 19.1 Å². The fourth-order valence-corrected chi connectivity index (χ4v) is 2.82. The normalized spacial score (nSPS) is 14.9. The number of rotatable bonds is 10. The summed E-state index contributed by atoms with van der Waals surface area (Å²) in [7, 11) is 0. The SMILES string of the molecule is CCNC(=NCc1ccc(N2CCCC2)nc1)NCCOCCC(C)C. The number of pyridine rings is 1. The molecule has 26 heavy (non-hydrogen) atoms. The fraction of sp³-hybridized carbons (Fsp3) is 0.700. The summed E-state index contributed by atoms with van der Waals surface area (Å²) in [6.45, 7) is 12.5. The summed E-state index contributed by atoms with van der Waals surface area (Å²) in [5.74, 6) is 2.59. The molecule has 0 bridgehead atoms. The number of ether oxygens (including phenoxy) is 1. The average molecular weight is 362 g/mol. The second-order valence-corrected chi connectivity index (χ2v) is 7.14. The highest BCUT2D eigenvalue weighted by atomic mass is 16.5. The van der Waals surface area contributed by atoms with Crippen molar-refractivity contribution in [3.8, 4) is 0 Å². The van der Waals surface area contributed by atoms with Crippen molar-refractivity contribution in [1.82, 2.24) is 15.6 Å². The summed E-state index contributed by atoms with van der Waals surface area (Å²) in [5, 5.41) is 6.59. The van der Waals surface area contributed by atoms with Crippen LogP contribution in [0.1, 0.15) is 45.6 Å². The van der Waals surface area contributed by atoms with E-state index in [9.17, 15) is 0 Å². The molecule has 2 rings (SSSR count). The highest BCUT2D eigenvalue weighted by molar-refractivity contribution is 5.79. The molecule has 2 N–H and O–H groups in total. The first kappa shape index (κ1) is 20.5. The lowest BCUT2D eigenvalue weighted by Gasteiger charge is -2.16. The summed E-state index contributed by atoms with van der Waals surface area (Å²) >= 11 is 0. The molecule has 0 spiro atoms. The Kier molecular flexibility index (Phi) is 9.24. The zero-order valence-electron chi connectivity index (χ0n) is 16.6. The van der Waals surface area contributed by atoms with E-state index in [0.717, 1.165) is 56.5 Å². The van der Waals surface area contributed by atoms with E-state index in [2.05, 4.69) is 58.4 Å². The quantitative estimate of drug-likeness (QED) is 0.381. The highest BCUT2D eigenvalue weighted by Gasteiger charge is 2.12. The second-order valence-electron chi connectivity index (χ2n) is 7.14. The van der Waals surface area contributed by atoms with Crippen molar-refractivity contribution >= 4 is 11.8 Å². The third kappa shape index (κ3) is 7.60. The van der Waals surface area contributed by atoms with Crippen LogP contribution in [-0.2, 0) is 11.3 Å². The first-order valence-corrected chi connectivity index (χ1v) is 9.99. The standard InChI is InChI=1S/C20H35N5O/c1-4-21-20(22-10-14-26-13-9-17(2)3)24-16-18-7-8-19(23-15-18)25-11-5-6-12-25/h7-8,15,17H,4-6,9-14,16H2,1-3H3,(H2,21,22,24). The first-order valence-electron chi connectivity index (χ1n) is 9.99. The molecule has 1 fully saturated rings. The van der Waals surface area contributed by atoms with Crippen molar-refractivity contribution in [2.45, 2.75) is 46.6 Å². The Hall–Kier alpha value is -1.82. The minimum Gasteiger partial charge on any atom is -0.380 e. The molecule has 1 aromatic heterocycles. The van der Waals surface area contributed by atoms with Gasteiger partial charge in [-0.25, -0.2) is 9.98 Å². The van der Waals surface area contributed by atoms with Crippen LogP contribution in [0, 0.1) is 5.92 Å². The zero-order valence-corrected chi connectivity index (χ0v) is 16.6. The van der Waals surface area contributed by atoms with Gasteiger partial charge in [0.1, 0.15) is 5.82 Å². The first-order chi connectivity index (χ1) is 12.7. The monoisotopic (exact) mass is 361 g/mol. The van der Waals surface area contributed by atoms with E-state index < -0.39 is 0 Å². The van der Waals surface area contributed by atoms with E-state index >= 15 is 0 Å². The van der Waals surface area contributed by atoms with Crippen molar-refractivity contribution in [2.75, 3.05) is 44.3 Å². The van der Waals surface area contributed by atoms with Gasteiger partial charge in [0.2, 0.25) is 0 Å². The van der Waals surface area contributed by atoms with Crippen molar-refractivity contribution in [3.63, 3.8) is 0 Å². The number of nitrogens with one attached hydrogen (secondary N) is 2. The van der Waals surface area contributed by atoms with Gasteiger partial charge in [-0.1, -0.05) is 19.9 Å². The van der Waals surface area contributed by atoms with Crippen molar-refractivity contribution in [1.29, 1.82) is 0 Å². The van der Waals surface area contributed by atoms with E-state index in [1.807, 2.05) is 6.20 Å². The Bertz CT molecular complexity index is 524. The van der Waals surface area contributed by atoms with Gasteiger partial charge in [0.25, 0.3) is 0 Å². The van der Waals surface area contributed by atoms with E-state index in [-0.39, 0.29) is 0 Å². The Balaban J connectivity index is 1.74. The van der Waals surface area contributed by atoms with Crippen LogP contribution in [-0.4, -0.2) is 50.3 Å². The lowest BCUT2D eigenvalue weighted by atomic mass is 10.1. The van der Waals surface area contributed by atoms with Crippen LogP contribution >= 0.6 is 0 Å². The molecule has 0 radical (unpaired) electrons. The van der Waals surface area contributed by atoms with Gasteiger partial charge in [0.15, 0.2) is 5.96 Å². The lowest BCUT2D eigenvalue weighted by Crippen LogP contribution is -2.39. The fourth-order valence-electron chi connectivity index (χ4n) is 2.82. The van der Waals surface area contributed by atoms with Gasteiger partial charge < -0.3 is 20.3 Å². The number of anilines is 1. The molecular formula is C20H35N5O. The van der Waals surface area contributed by atoms with Gasteiger partial charge in [0.05, 0.1) is 13.2 Å². The third-order valence-electron chi connectivity index (χ3n) is 4.38. The Morgan fingerprint density at radius 3 is 2.69 bits per heavy atom. The molecule has 2 heterocycles. The number of nitrogens with zero attached hydrogens (tertiary/aromatic N) is 3. The molecule has 6 heteroatoms. The van der Waals surface area contributed by atoms with Gasteiger partial charge in [0, 0.05) is 39.0 Å². The van der Waals surface area contributed by atoms with Crippen LogP contribution in [0.3, 0.4) is 0 Å². The number of aliphatic imine (C=N–C) groups is 1. The predicted octanol–water partition coefficient (Wildman–Crippen LogP) is 2.80. The van der Waals surface area contributed by atoms with Crippen LogP contribution in [0.15, 0.2) is 23.3 Å². The van der Waals surface area contributed by atoms with Crippen LogP contribution in [0.2, 0.25) is 0 Å². The smallest absolute Gasteiger partial charge is 0.191 e. The molecule has 0 unspecified atom stereocenters. The van der Waals surface area contributed by atoms with Crippen molar-refractivity contribution < 1.29 is 4.74 Å². The molecule has 1 aliphatic rings. The molecule has 0 amide bonds. The summed E-state index contributed by atoms with van der Waals surface area (Å²) < 4.78 is 5.64. The molecule has 146 valence electrons. The molecule has 1 saturated heterocycles. The molecule has 0 aromatic carbocycles. The summed E-state index contributed by atoms with van der Waals surface area (Å²) in [6.07, 6.45) is 5.59. The van der Waals surface area contributed by atoms with Gasteiger partial charge in [-0.3, -0.25) is 0 Å². The number of guanidine groups is 1. The molecule has 0 atom stereocenters. The van der Waals surface area contributed by atoms with Gasteiger partial charge >= 0.3 is 0 Å². The summed E-state index contributed by atoms with van der Waals surface area (Å²) in [4.78, 5) is 11.6. The van der Waals surface area contributed by atoms with E-state index in [1.54, 1.807) is 0 Å². The molecule has 1 aliphatic heterocycles. The minimum absolute atomic E-state index is 0.622. The molecule has 6 nitrogen and oxygen atoms in total. The zero-order chi connectivity index (χ0) is 18.6. The molecule has 0 saturated carbocycles. The molecular weight excluding hydrogens is 326 g/mol. The molecule has 0 aliphatic carbocycles. The van der Waals surface area contributed by atoms with Gasteiger partial charge in [-0.05, 0) is 43.7 Å². The Morgan fingerprint density at radius 2 is 2.04 bits per heavy atom. The van der Waals surface area contributed by atoms with Crippen LogP contribution in [0.4, 0.5) is 5.82 Å². The second kappa shape index (κ2) is 11.7. The lowest BCUT2D eigenvalue weighted by molar-refractivity contribution is 0.128. The van der Waals surface area contributed by atoms with E-state index in [4.69, 9.17) is 4.74 Å². The maximum absolute atomic E-state index is 5.64. The maximum Gasteiger partial charge on any atom is 0.191 e. The maximum atomic E-state index is 5.64. The Morgan fingerprint density at radius 1 is 1.23 bits per heavy atom. The number of hydrogen-bond donors (Lipinski definition) is 2. The largest absolute Gasteiger partial charge is 0.380 e.